The third kappa shape index (κ3) is 2.16. The summed E-state index contributed by atoms with van der Waals surface area (Å²) in [5, 5.41) is 6.12. The van der Waals surface area contributed by atoms with Crippen molar-refractivity contribution in [1.82, 2.24) is 14.5 Å². The van der Waals surface area contributed by atoms with E-state index in [1.165, 1.54) is 10.5 Å². The summed E-state index contributed by atoms with van der Waals surface area (Å²) >= 11 is 0. The van der Waals surface area contributed by atoms with Gasteiger partial charge >= 0.3 is 0 Å². The van der Waals surface area contributed by atoms with Gasteiger partial charge in [-0.25, -0.2) is 8.42 Å². The maximum Gasteiger partial charge on any atom is 0.248 e. The van der Waals surface area contributed by atoms with Crippen molar-refractivity contribution in [1.29, 1.82) is 0 Å². The van der Waals surface area contributed by atoms with E-state index >= 15 is 0 Å². The fourth-order valence-electron chi connectivity index (χ4n) is 2.07. The summed E-state index contributed by atoms with van der Waals surface area (Å²) in [6.45, 7) is 5.33. The molecule has 1 saturated heterocycles. The maximum atomic E-state index is 12.3. The monoisotopic (exact) mass is 258 g/mol. The number of hydrogen-bond donors (Lipinski definition) is 2. The molecule has 2 atom stereocenters. The van der Waals surface area contributed by atoms with Gasteiger partial charge in [0.1, 0.15) is 10.7 Å². The van der Waals surface area contributed by atoms with Gasteiger partial charge in [0.25, 0.3) is 0 Å². The molecule has 7 heteroatoms. The van der Waals surface area contributed by atoms with Crippen LogP contribution in [0.25, 0.3) is 0 Å². The van der Waals surface area contributed by atoms with Crippen LogP contribution < -0.4 is 5.73 Å². The van der Waals surface area contributed by atoms with Crippen molar-refractivity contribution in [2.45, 2.75) is 25.2 Å². The third-order valence-electron chi connectivity index (χ3n) is 3.55. The fourth-order valence-corrected chi connectivity index (χ4v) is 3.64. The van der Waals surface area contributed by atoms with Gasteiger partial charge in [0.2, 0.25) is 10.0 Å². The summed E-state index contributed by atoms with van der Waals surface area (Å²) in [5.41, 5.74) is 5.57. The van der Waals surface area contributed by atoms with E-state index in [9.17, 15) is 8.42 Å². The molecule has 0 saturated carbocycles. The molecule has 0 aliphatic carbocycles. The number of nitrogens with two attached hydrogens (primary N) is 1. The zero-order chi connectivity index (χ0) is 12.6. The largest absolute Gasteiger partial charge is 0.383 e. The highest BCUT2D eigenvalue weighted by atomic mass is 32.2. The normalized spacial score (nSPS) is 27.2. The average molecular weight is 258 g/mol. The van der Waals surface area contributed by atoms with E-state index in [1.807, 2.05) is 0 Å². The lowest BCUT2D eigenvalue weighted by Gasteiger charge is -2.34. The SMILES string of the molecule is CC1CCN(S(=O)(=O)c2cn[nH]c2N)CC1C. The minimum Gasteiger partial charge on any atom is -0.383 e. The molecule has 0 spiro atoms. The molecule has 2 heterocycles. The number of piperidine rings is 1. The lowest BCUT2D eigenvalue weighted by molar-refractivity contribution is 0.212. The number of sulfonamides is 1. The van der Waals surface area contributed by atoms with Crippen LogP contribution >= 0.6 is 0 Å². The number of nitrogen functional groups attached to an aromatic ring is 1. The highest BCUT2D eigenvalue weighted by molar-refractivity contribution is 7.89. The van der Waals surface area contributed by atoms with Gasteiger partial charge in [0, 0.05) is 13.1 Å². The smallest absolute Gasteiger partial charge is 0.248 e. The van der Waals surface area contributed by atoms with Gasteiger partial charge in [-0.3, -0.25) is 5.10 Å². The van der Waals surface area contributed by atoms with Crippen molar-refractivity contribution in [3.05, 3.63) is 6.20 Å². The predicted molar refractivity (Wildman–Crippen MR) is 64.7 cm³/mol. The van der Waals surface area contributed by atoms with Gasteiger partial charge in [0.15, 0.2) is 0 Å². The van der Waals surface area contributed by atoms with Gasteiger partial charge in [-0.15, -0.1) is 0 Å². The summed E-state index contributed by atoms with van der Waals surface area (Å²) in [6.07, 6.45) is 2.16. The molecular weight excluding hydrogens is 240 g/mol. The van der Waals surface area contributed by atoms with E-state index in [0.717, 1.165) is 6.42 Å². The van der Waals surface area contributed by atoms with Crippen molar-refractivity contribution in [3.63, 3.8) is 0 Å². The summed E-state index contributed by atoms with van der Waals surface area (Å²) in [7, 11) is -3.49. The second-order valence-electron chi connectivity index (χ2n) is 4.75. The molecule has 96 valence electrons. The molecule has 1 fully saturated rings. The fraction of sp³-hybridized carbons (Fsp3) is 0.700. The van der Waals surface area contributed by atoms with Crippen LogP contribution in [0.4, 0.5) is 5.82 Å². The van der Waals surface area contributed by atoms with Gasteiger partial charge in [-0.1, -0.05) is 13.8 Å². The first-order valence-electron chi connectivity index (χ1n) is 5.72. The first-order valence-corrected chi connectivity index (χ1v) is 7.16. The number of anilines is 1. The minimum absolute atomic E-state index is 0.0826. The lowest BCUT2D eigenvalue weighted by atomic mass is 9.90. The van der Waals surface area contributed by atoms with E-state index < -0.39 is 10.0 Å². The summed E-state index contributed by atoms with van der Waals surface area (Å²) < 4.78 is 26.1. The topological polar surface area (TPSA) is 92.1 Å². The van der Waals surface area contributed by atoms with Crippen LogP contribution in [0.15, 0.2) is 11.1 Å². The van der Waals surface area contributed by atoms with E-state index in [4.69, 9.17) is 5.73 Å². The molecule has 0 bridgehead atoms. The highest BCUT2D eigenvalue weighted by Crippen LogP contribution is 2.28. The van der Waals surface area contributed by atoms with Crippen LogP contribution in [0.5, 0.6) is 0 Å². The Kier molecular flexibility index (Phi) is 3.13. The second kappa shape index (κ2) is 4.30. The van der Waals surface area contributed by atoms with Crippen LogP contribution in [0.2, 0.25) is 0 Å². The van der Waals surface area contributed by atoms with E-state index in [0.29, 0.717) is 24.9 Å². The zero-order valence-electron chi connectivity index (χ0n) is 10.0. The van der Waals surface area contributed by atoms with Crippen molar-refractivity contribution >= 4 is 15.8 Å². The Balaban J connectivity index is 2.26. The zero-order valence-corrected chi connectivity index (χ0v) is 10.9. The number of nitrogens with zero attached hydrogens (tertiary/aromatic N) is 2. The van der Waals surface area contributed by atoms with Crippen LogP contribution in [0.1, 0.15) is 20.3 Å². The van der Waals surface area contributed by atoms with Crippen LogP contribution in [-0.2, 0) is 10.0 Å². The van der Waals surface area contributed by atoms with Crippen molar-refractivity contribution in [3.8, 4) is 0 Å². The molecule has 0 radical (unpaired) electrons. The highest BCUT2D eigenvalue weighted by Gasteiger charge is 2.33. The van der Waals surface area contributed by atoms with E-state index in [-0.39, 0.29) is 10.7 Å². The Hall–Kier alpha value is -1.08. The lowest BCUT2D eigenvalue weighted by Crippen LogP contribution is -2.42. The van der Waals surface area contributed by atoms with Gasteiger partial charge in [-0.2, -0.15) is 9.40 Å². The molecule has 2 unspecified atom stereocenters. The summed E-state index contributed by atoms with van der Waals surface area (Å²) in [6, 6.07) is 0. The Bertz CT molecular complexity index is 496. The number of aromatic amines is 1. The van der Waals surface area contributed by atoms with Gasteiger partial charge < -0.3 is 5.73 Å². The van der Waals surface area contributed by atoms with Crippen LogP contribution in [0, 0.1) is 11.8 Å². The predicted octanol–water partition coefficient (Wildman–Crippen LogP) is 0.658. The molecule has 1 aliphatic heterocycles. The van der Waals surface area contributed by atoms with Gasteiger partial charge in [-0.05, 0) is 18.3 Å². The summed E-state index contributed by atoms with van der Waals surface area (Å²) in [5.74, 6) is 1.03. The Morgan fingerprint density at radius 3 is 2.71 bits per heavy atom. The molecule has 1 aromatic heterocycles. The molecule has 6 nitrogen and oxygen atoms in total. The van der Waals surface area contributed by atoms with Crippen LogP contribution in [0.3, 0.4) is 0 Å². The number of H-pyrrole nitrogens is 1. The molecule has 2 rings (SSSR count). The van der Waals surface area contributed by atoms with Crippen molar-refractivity contribution in [2.75, 3.05) is 18.8 Å². The number of hydrogen-bond acceptors (Lipinski definition) is 4. The molecular formula is C10H18N4O2S. The van der Waals surface area contributed by atoms with Crippen molar-refractivity contribution in [2.24, 2.45) is 11.8 Å². The molecule has 0 amide bonds. The van der Waals surface area contributed by atoms with E-state index in [1.54, 1.807) is 0 Å². The molecule has 1 aromatic rings. The van der Waals surface area contributed by atoms with Crippen molar-refractivity contribution < 1.29 is 8.42 Å². The standard InChI is InChI=1S/C10H18N4O2S/c1-7-3-4-14(6-8(7)2)17(15,16)9-5-12-13-10(9)11/h5,7-8H,3-4,6H2,1-2H3,(H3,11,12,13). The first-order chi connectivity index (χ1) is 7.93. The number of nitrogens with one attached hydrogen (secondary N) is 1. The second-order valence-corrected chi connectivity index (χ2v) is 6.66. The first kappa shape index (κ1) is 12.4. The third-order valence-corrected chi connectivity index (χ3v) is 5.44. The number of aromatic nitrogens is 2. The number of rotatable bonds is 2. The maximum absolute atomic E-state index is 12.3. The van der Waals surface area contributed by atoms with Crippen LogP contribution in [-0.4, -0.2) is 36.0 Å². The molecule has 17 heavy (non-hydrogen) atoms. The molecule has 3 N–H and O–H groups in total. The Labute approximate surface area is 101 Å². The van der Waals surface area contributed by atoms with Gasteiger partial charge in [0.05, 0.1) is 6.20 Å². The van der Waals surface area contributed by atoms with E-state index in [2.05, 4.69) is 24.0 Å². The molecule has 0 aromatic carbocycles. The summed E-state index contributed by atoms with van der Waals surface area (Å²) in [4.78, 5) is 0.0826. The quantitative estimate of drug-likeness (QED) is 0.815. The average Bonchev–Trinajstić information content (AvgIpc) is 2.69. The Morgan fingerprint density at radius 1 is 1.47 bits per heavy atom. The Morgan fingerprint density at radius 2 is 2.18 bits per heavy atom. The molecule has 1 aliphatic rings. The minimum atomic E-state index is -3.49.